The SMILES string of the molecule is CCCCc1ccc(C(NC)c2cc(C)cc(Cl)c2)cc1. The summed E-state index contributed by atoms with van der Waals surface area (Å²) in [6.07, 6.45) is 3.66. The molecular formula is C19H24ClN. The van der Waals surface area contributed by atoms with E-state index in [0.717, 1.165) is 11.4 Å². The van der Waals surface area contributed by atoms with Gasteiger partial charge in [0.1, 0.15) is 0 Å². The third kappa shape index (κ3) is 4.33. The first-order valence-corrected chi connectivity index (χ1v) is 8.05. The van der Waals surface area contributed by atoms with E-state index in [4.69, 9.17) is 11.6 Å². The first-order valence-electron chi connectivity index (χ1n) is 7.67. The van der Waals surface area contributed by atoms with Gasteiger partial charge in [-0.3, -0.25) is 0 Å². The number of unbranched alkanes of at least 4 members (excludes halogenated alkanes) is 1. The van der Waals surface area contributed by atoms with Crippen LogP contribution in [0.4, 0.5) is 0 Å². The maximum atomic E-state index is 6.19. The molecule has 0 spiro atoms. The predicted octanol–water partition coefficient (Wildman–Crippen LogP) is 5.30. The largest absolute Gasteiger partial charge is 0.309 e. The molecule has 1 nitrogen and oxygen atoms in total. The van der Waals surface area contributed by atoms with E-state index < -0.39 is 0 Å². The van der Waals surface area contributed by atoms with E-state index in [-0.39, 0.29) is 6.04 Å². The van der Waals surface area contributed by atoms with Crippen molar-refractivity contribution in [1.82, 2.24) is 5.32 Å². The van der Waals surface area contributed by atoms with E-state index in [9.17, 15) is 0 Å². The minimum atomic E-state index is 0.183. The van der Waals surface area contributed by atoms with Gasteiger partial charge < -0.3 is 5.32 Å². The van der Waals surface area contributed by atoms with E-state index in [1.54, 1.807) is 0 Å². The molecule has 0 fully saturated rings. The van der Waals surface area contributed by atoms with Crippen LogP contribution in [-0.4, -0.2) is 7.05 Å². The lowest BCUT2D eigenvalue weighted by atomic mass is 9.96. The number of halogens is 1. The topological polar surface area (TPSA) is 12.0 Å². The molecule has 21 heavy (non-hydrogen) atoms. The van der Waals surface area contributed by atoms with Crippen LogP contribution in [0.3, 0.4) is 0 Å². The monoisotopic (exact) mass is 301 g/mol. The van der Waals surface area contributed by atoms with Crippen molar-refractivity contribution < 1.29 is 0 Å². The van der Waals surface area contributed by atoms with Crippen molar-refractivity contribution in [3.63, 3.8) is 0 Å². The van der Waals surface area contributed by atoms with E-state index in [0.29, 0.717) is 0 Å². The van der Waals surface area contributed by atoms with Gasteiger partial charge in [0.2, 0.25) is 0 Å². The first kappa shape index (κ1) is 16.1. The van der Waals surface area contributed by atoms with Crippen LogP contribution in [0.1, 0.15) is 48.1 Å². The van der Waals surface area contributed by atoms with Gasteiger partial charge in [0, 0.05) is 5.02 Å². The molecule has 0 aliphatic heterocycles. The smallest absolute Gasteiger partial charge is 0.0574 e. The summed E-state index contributed by atoms with van der Waals surface area (Å²) >= 11 is 6.19. The molecule has 0 aliphatic rings. The highest BCUT2D eigenvalue weighted by atomic mass is 35.5. The molecule has 2 aromatic rings. The van der Waals surface area contributed by atoms with Crippen LogP contribution < -0.4 is 5.32 Å². The Hall–Kier alpha value is -1.31. The Morgan fingerprint density at radius 3 is 2.33 bits per heavy atom. The quantitative estimate of drug-likeness (QED) is 0.763. The zero-order valence-corrected chi connectivity index (χ0v) is 13.9. The van der Waals surface area contributed by atoms with Crippen molar-refractivity contribution in [2.75, 3.05) is 7.05 Å². The predicted molar refractivity (Wildman–Crippen MR) is 92.1 cm³/mol. The van der Waals surface area contributed by atoms with Crippen molar-refractivity contribution >= 4 is 11.6 Å². The van der Waals surface area contributed by atoms with Gasteiger partial charge in [0.25, 0.3) is 0 Å². The molecule has 0 amide bonds. The Labute approximate surface area is 133 Å². The lowest BCUT2D eigenvalue weighted by molar-refractivity contribution is 0.690. The average molecular weight is 302 g/mol. The van der Waals surface area contributed by atoms with Crippen molar-refractivity contribution in [3.8, 4) is 0 Å². The van der Waals surface area contributed by atoms with Gasteiger partial charge in [-0.25, -0.2) is 0 Å². The molecule has 0 saturated carbocycles. The summed E-state index contributed by atoms with van der Waals surface area (Å²) in [5.74, 6) is 0. The Morgan fingerprint density at radius 2 is 1.76 bits per heavy atom. The van der Waals surface area contributed by atoms with Crippen molar-refractivity contribution in [1.29, 1.82) is 0 Å². The fourth-order valence-electron chi connectivity index (χ4n) is 2.71. The molecule has 0 heterocycles. The number of rotatable bonds is 6. The van der Waals surface area contributed by atoms with Crippen LogP contribution in [-0.2, 0) is 6.42 Å². The zero-order chi connectivity index (χ0) is 15.2. The normalized spacial score (nSPS) is 12.4. The van der Waals surface area contributed by atoms with Crippen molar-refractivity contribution in [2.24, 2.45) is 0 Å². The number of hydrogen-bond donors (Lipinski definition) is 1. The third-order valence-electron chi connectivity index (χ3n) is 3.82. The summed E-state index contributed by atoms with van der Waals surface area (Å²) in [5, 5.41) is 4.19. The van der Waals surface area contributed by atoms with Crippen LogP contribution in [0.15, 0.2) is 42.5 Å². The minimum absolute atomic E-state index is 0.183. The average Bonchev–Trinajstić information content (AvgIpc) is 2.46. The second-order valence-electron chi connectivity index (χ2n) is 5.63. The summed E-state index contributed by atoms with van der Waals surface area (Å²) in [5.41, 5.74) is 5.10. The summed E-state index contributed by atoms with van der Waals surface area (Å²) in [6, 6.07) is 15.3. The Balaban J connectivity index is 2.24. The van der Waals surface area contributed by atoms with E-state index in [2.05, 4.69) is 49.5 Å². The molecule has 112 valence electrons. The molecule has 2 rings (SSSR count). The molecule has 0 bridgehead atoms. The molecule has 2 heteroatoms. The fraction of sp³-hybridized carbons (Fsp3) is 0.368. The maximum absolute atomic E-state index is 6.19. The summed E-state index contributed by atoms with van der Waals surface area (Å²) in [4.78, 5) is 0. The Morgan fingerprint density at radius 1 is 1.05 bits per heavy atom. The van der Waals surface area contributed by atoms with Gasteiger partial charge in [0.15, 0.2) is 0 Å². The standard InChI is InChI=1S/C19H24ClN/c1-4-5-6-15-7-9-16(10-8-15)19(21-3)17-11-14(2)12-18(20)13-17/h7-13,19,21H,4-6H2,1-3H3. The van der Waals surface area contributed by atoms with Crippen molar-refractivity contribution in [2.45, 2.75) is 39.2 Å². The molecule has 0 radical (unpaired) electrons. The lowest BCUT2D eigenvalue weighted by Gasteiger charge is -2.18. The van der Waals surface area contributed by atoms with Gasteiger partial charge in [-0.2, -0.15) is 0 Å². The second kappa shape index (κ2) is 7.63. The molecule has 0 aliphatic carbocycles. The molecule has 2 aromatic carbocycles. The van der Waals surface area contributed by atoms with Crippen molar-refractivity contribution in [3.05, 3.63) is 69.7 Å². The summed E-state index contributed by atoms with van der Waals surface area (Å²) in [7, 11) is 1.99. The fourth-order valence-corrected chi connectivity index (χ4v) is 3.01. The molecule has 0 saturated heterocycles. The van der Waals surface area contributed by atoms with Gasteiger partial charge in [0.05, 0.1) is 6.04 Å². The third-order valence-corrected chi connectivity index (χ3v) is 4.04. The van der Waals surface area contributed by atoms with Gasteiger partial charge >= 0.3 is 0 Å². The van der Waals surface area contributed by atoms with Gasteiger partial charge in [-0.05, 0) is 61.2 Å². The first-order chi connectivity index (χ1) is 10.1. The van der Waals surface area contributed by atoms with Crippen LogP contribution in [0.25, 0.3) is 0 Å². The highest BCUT2D eigenvalue weighted by Crippen LogP contribution is 2.26. The molecule has 1 unspecified atom stereocenters. The Kier molecular flexibility index (Phi) is 5.84. The molecular weight excluding hydrogens is 278 g/mol. The molecule has 1 N–H and O–H groups in total. The number of aryl methyl sites for hydroxylation is 2. The van der Waals surface area contributed by atoms with E-state index in [1.165, 1.54) is 35.1 Å². The highest BCUT2D eigenvalue weighted by Gasteiger charge is 2.12. The number of benzene rings is 2. The minimum Gasteiger partial charge on any atom is -0.309 e. The van der Waals surface area contributed by atoms with Crippen LogP contribution in [0.5, 0.6) is 0 Å². The van der Waals surface area contributed by atoms with Crippen LogP contribution in [0, 0.1) is 6.92 Å². The summed E-state index contributed by atoms with van der Waals surface area (Å²) < 4.78 is 0. The number of nitrogens with one attached hydrogen (secondary N) is 1. The van der Waals surface area contributed by atoms with E-state index in [1.807, 2.05) is 19.2 Å². The Bertz CT molecular complexity index is 554. The van der Waals surface area contributed by atoms with E-state index >= 15 is 0 Å². The molecule has 1 atom stereocenters. The van der Waals surface area contributed by atoms with Gasteiger partial charge in [-0.1, -0.05) is 55.3 Å². The lowest BCUT2D eigenvalue weighted by Crippen LogP contribution is -2.17. The second-order valence-corrected chi connectivity index (χ2v) is 6.07. The molecule has 0 aromatic heterocycles. The number of hydrogen-bond acceptors (Lipinski definition) is 1. The van der Waals surface area contributed by atoms with Crippen LogP contribution >= 0.6 is 11.6 Å². The zero-order valence-electron chi connectivity index (χ0n) is 13.1. The van der Waals surface area contributed by atoms with Crippen LogP contribution in [0.2, 0.25) is 5.02 Å². The maximum Gasteiger partial charge on any atom is 0.0574 e. The summed E-state index contributed by atoms with van der Waals surface area (Å²) in [6.45, 7) is 4.31. The van der Waals surface area contributed by atoms with Gasteiger partial charge in [-0.15, -0.1) is 0 Å². The highest BCUT2D eigenvalue weighted by molar-refractivity contribution is 6.30.